The van der Waals surface area contributed by atoms with E-state index in [4.69, 9.17) is 5.73 Å². The summed E-state index contributed by atoms with van der Waals surface area (Å²) in [6.45, 7) is 6.17. The van der Waals surface area contributed by atoms with Crippen LogP contribution in [0.15, 0.2) is 170 Å². The molecule has 8 rings (SSSR count). The number of thioether (sulfide) groups is 1. The number of primary amides is 1. The SMILES string of the molecule is CCCC[C@H]1C(=O)N(C)CC(=O)N[C@@H](CC(=O)O)C(=O)N[C@@H](C(C)C)C(=O)N(C)C(Cc2ccccc2)C(=O)N[C@@H](Cc2ccc(O)cc2)C(=O)N(C)CC(=O)N[C@H](Cc2c[nH]c3ccccc23)C(=O)N[C@@H](Cc2ccc(O)cc2)C(=O)N[C@@H](CC(C)C)C(=O)N[C@H](C(=O)NCC(N)=O)CSCC(=O)N[C@@H](Cc2ccccc2)C(=O)N(C)C(Cc2ccccc2)C(=O)N1C. The Bertz CT molecular complexity index is 5070. The highest BCUT2D eigenvalue weighted by Gasteiger charge is 2.42. The van der Waals surface area contributed by atoms with Crippen LogP contribution in [0, 0.1) is 11.8 Å². The molecule has 0 spiro atoms. The molecule has 1 aromatic heterocycles. The number of carbonyl (C=O) groups is 16. The molecule has 2 unspecified atom stereocenters. The fourth-order valence-electron chi connectivity index (χ4n) is 14.9. The van der Waals surface area contributed by atoms with Crippen LogP contribution in [-0.2, 0) is 115 Å². The van der Waals surface area contributed by atoms with E-state index >= 15 is 33.6 Å². The van der Waals surface area contributed by atoms with Gasteiger partial charge in [0.05, 0.1) is 31.8 Å². The minimum atomic E-state index is -1.91. The molecular weight excluding hydrogens is 1680 g/mol. The maximum Gasteiger partial charge on any atom is 0.305 e. The van der Waals surface area contributed by atoms with Gasteiger partial charge in [-0.2, -0.15) is 0 Å². The number of amides is 15. The summed E-state index contributed by atoms with van der Waals surface area (Å²) >= 11 is 0.829. The van der Waals surface area contributed by atoms with Gasteiger partial charge in [-0.1, -0.05) is 181 Å². The number of fused-ring (bicyclic) bond motifs is 1. The Labute approximate surface area is 753 Å². The van der Waals surface area contributed by atoms with E-state index in [-0.39, 0.29) is 74.5 Å². The van der Waals surface area contributed by atoms with Crippen LogP contribution in [0.3, 0.4) is 0 Å². The number of hydrogen-bond donors (Lipinski definition) is 14. The number of likely N-dealkylation sites (N-methyl/N-ethyl adjacent to an activating group) is 5. The number of aromatic nitrogens is 1. The molecule has 1 aliphatic heterocycles. The van der Waals surface area contributed by atoms with E-state index in [1.807, 2.05) is 6.92 Å². The third-order valence-corrected chi connectivity index (χ3v) is 23.1. The summed E-state index contributed by atoms with van der Waals surface area (Å²) in [6.07, 6.45) is 0.0924. The van der Waals surface area contributed by atoms with Crippen LogP contribution in [-0.4, -0.2) is 272 Å². The van der Waals surface area contributed by atoms with Crippen LogP contribution >= 0.6 is 11.8 Å². The number of aliphatic carboxylic acids is 1. The number of phenols is 2. The van der Waals surface area contributed by atoms with Gasteiger partial charge in [0.15, 0.2) is 0 Å². The van der Waals surface area contributed by atoms with Gasteiger partial charge in [0.2, 0.25) is 88.6 Å². The lowest BCUT2D eigenvalue weighted by molar-refractivity contribution is -0.151. The second-order valence-corrected chi connectivity index (χ2v) is 34.1. The summed E-state index contributed by atoms with van der Waals surface area (Å²) in [4.78, 5) is 243. The molecule has 6 aromatic carbocycles. The van der Waals surface area contributed by atoms with E-state index in [0.29, 0.717) is 57.1 Å². The predicted molar refractivity (Wildman–Crippen MR) is 482 cm³/mol. The van der Waals surface area contributed by atoms with Gasteiger partial charge < -0.3 is 98.4 Å². The number of aromatic amines is 1. The zero-order valence-electron chi connectivity index (χ0n) is 74.1. The number of nitrogens with one attached hydrogen (secondary N) is 10. The molecule has 1 aliphatic rings. The maximum atomic E-state index is 15.5. The molecule has 0 saturated carbocycles. The molecule has 0 bridgehead atoms. The first kappa shape index (κ1) is 101. The number of aromatic hydroxyl groups is 2. The number of carboxylic acid groups (broad SMARTS) is 1. The highest BCUT2D eigenvalue weighted by Crippen LogP contribution is 2.25. The maximum absolute atomic E-state index is 15.5. The van der Waals surface area contributed by atoms with Crippen molar-refractivity contribution in [1.82, 2.24) is 77.3 Å². The van der Waals surface area contributed by atoms with Gasteiger partial charge in [-0.05, 0) is 88.4 Å². The van der Waals surface area contributed by atoms with Crippen molar-refractivity contribution in [2.24, 2.45) is 17.6 Å². The van der Waals surface area contributed by atoms with Crippen molar-refractivity contribution in [3.8, 4) is 11.5 Å². The van der Waals surface area contributed by atoms with Crippen LogP contribution in [0.5, 0.6) is 11.5 Å². The number of para-hydroxylation sites is 1. The molecule has 1 fully saturated rings. The summed E-state index contributed by atoms with van der Waals surface area (Å²) in [5, 5.41) is 55.6. The van der Waals surface area contributed by atoms with Gasteiger partial charge in [-0.15, -0.1) is 11.8 Å². The summed E-state index contributed by atoms with van der Waals surface area (Å²) in [5.74, 6) is -17.4. The third-order valence-electron chi connectivity index (χ3n) is 22.1. The molecule has 11 atom stereocenters. The Morgan fingerprint density at radius 2 is 0.899 bits per heavy atom. The van der Waals surface area contributed by atoms with Crippen molar-refractivity contribution in [3.05, 3.63) is 203 Å². The smallest absolute Gasteiger partial charge is 0.305 e. The first-order valence-electron chi connectivity index (χ1n) is 42.7. The van der Waals surface area contributed by atoms with Crippen molar-refractivity contribution in [3.63, 3.8) is 0 Å². The molecular formula is C93H118N16O19S. The number of phenolic OH excluding ortho intramolecular Hbond substituents is 2. The average Bonchev–Trinajstić information content (AvgIpc) is 1.50. The fourth-order valence-corrected chi connectivity index (χ4v) is 15.8. The number of hydrogen-bond acceptors (Lipinski definition) is 19. The molecule has 0 aliphatic carbocycles. The summed E-state index contributed by atoms with van der Waals surface area (Å²) in [7, 11) is 6.54. The molecule has 15 amide bonds. The summed E-state index contributed by atoms with van der Waals surface area (Å²) < 4.78 is 0. The highest BCUT2D eigenvalue weighted by atomic mass is 32.2. The van der Waals surface area contributed by atoms with Crippen LogP contribution in [0.2, 0.25) is 0 Å². The van der Waals surface area contributed by atoms with Gasteiger partial charge in [-0.3, -0.25) is 76.7 Å². The predicted octanol–water partition coefficient (Wildman–Crippen LogP) is 2.33. The zero-order valence-corrected chi connectivity index (χ0v) is 74.9. The van der Waals surface area contributed by atoms with Gasteiger partial charge in [0, 0.05) is 96.6 Å². The van der Waals surface area contributed by atoms with Crippen LogP contribution in [0.4, 0.5) is 0 Å². The van der Waals surface area contributed by atoms with Gasteiger partial charge >= 0.3 is 5.97 Å². The first-order chi connectivity index (χ1) is 61.4. The summed E-state index contributed by atoms with van der Waals surface area (Å²) in [6, 6.07) is 27.2. The number of benzene rings is 6. The standard InChI is InChI=1S/C93H118N16O19S/c1-11-12-32-74-91(126)106(7)52-79(114)98-70(48-81(116)117)87(122)104-82(56(4)5)93(128)108(9)75(45-58-26-18-14-19-27-58)88(123)102-71(44-61-35-39-64(111)40-36-61)89(124)105(6)51-78(113)97-69(47-62-49-95-66-31-23-22-30-65(62)66)86(121)101-68(42-60-33-37-63(110)38-34-60)85(120)100-67(41-55(2)3)84(119)103-73(83(118)96-50-77(94)112)53-129-54-80(115)99-72(43-57-24-16-13-17-25-57)90(125)109(10)76(92(127)107(74)8)46-59-28-20-15-21-29-59/h13-31,33-40,49,55-56,67-76,82,95,110-111H,11-12,32,41-48,50-54H2,1-10H3,(H2,94,112)(H,96,118)(H,97,113)(H,98,114)(H,99,115)(H,100,120)(H,101,121)(H,102,123)(H,103,119)(H,104,122)(H,116,117)/t67-,68-,69+,70-,71-,72-,73-,74-,75?,76?,82-/m0/s1. The largest absolute Gasteiger partial charge is 0.508 e. The second-order valence-electron chi connectivity index (χ2n) is 33.1. The number of unbranched alkanes of at least 4 members (excludes halogenated alkanes) is 1. The van der Waals surface area contributed by atoms with Crippen molar-refractivity contribution >= 4 is 117 Å². The van der Waals surface area contributed by atoms with Gasteiger partial charge in [0.1, 0.15) is 78.0 Å². The summed E-state index contributed by atoms with van der Waals surface area (Å²) in [5.41, 5.74) is 9.11. The van der Waals surface area contributed by atoms with E-state index < -0.39 is 199 Å². The van der Waals surface area contributed by atoms with E-state index in [2.05, 4.69) is 52.8 Å². The Balaban J connectivity index is 1.21. The topological polar surface area (TPSA) is 500 Å². The highest BCUT2D eigenvalue weighted by molar-refractivity contribution is 8.00. The molecule has 15 N–H and O–H groups in total. The normalized spacial score (nSPS) is 21.9. The minimum Gasteiger partial charge on any atom is -0.508 e. The number of carboxylic acids is 1. The third kappa shape index (κ3) is 30.5. The van der Waals surface area contributed by atoms with Crippen molar-refractivity contribution in [2.45, 2.75) is 172 Å². The average molecular weight is 1800 g/mol. The van der Waals surface area contributed by atoms with Crippen LogP contribution in [0.25, 0.3) is 10.9 Å². The molecule has 7 aromatic rings. The molecule has 129 heavy (non-hydrogen) atoms. The van der Waals surface area contributed by atoms with Crippen LogP contribution < -0.4 is 53.6 Å². The second kappa shape index (κ2) is 48.9. The molecule has 0 radical (unpaired) electrons. The Morgan fingerprint density at radius 3 is 1.43 bits per heavy atom. The van der Waals surface area contributed by atoms with Gasteiger partial charge in [-0.25, -0.2) is 0 Å². The monoisotopic (exact) mass is 1790 g/mol. The van der Waals surface area contributed by atoms with Crippen molar-refractivity contribution in [2.75, 3.05) is 66.4 Å². The lowest BCUT2D eigenvalue weighted by Crippen LogP contribution is -2.61. The fraction of sp³-hybridized carbons (Fsp3) is 0.419. The van der Waals surface area contributed by atoms with Gasteiger partial charge in [0.25, 0.3) is 0 Å². The number of nitrogens with zero attached hydrogens (tertiary/aromatic N) is 5. The van der Waals surface area contributed by atoms with Crippen molar-refractivity contribution < 1.29 is 92.0 Å². The lowest BCUT2D eigenvalue weighted by Gasteiger charge is -2.37. The lowest BCUT2D eigenvalue weighted by atomic mass is 9.98. The number of rotatable bonds is 23. The number of nitrogens with two attached hydrogens (primary N) is 1. The molecule has 36 heteroatoms. The van der Waals surface area contributed by atoms with E-state index in [1.165, 1.54) is 93.6 Å². The zero-order chi connectivity index (χ0) is 94.3. The van der Waals surface area contributed by atoms with E-state index in [1.54, 1.807) is 149 Å². The Kier molecular flexibility index (Phi) is 38.2. The molecule has 2 heterocycles. The number of H-pyrrole nitrogens is 1. The number of carbonyl (C=O) groups excluding carboxylic acids is 15. The van der Waals surface area contributed by atoms with E-state index in [0.717, 1.165) is 26.5 Å². The minimum absolute atomic E-state index is 0.0299. The van der Waals surface area contributed by atoms with Crippen LogP contribution in [0.1, 0.15) is 100 Å². The quantitative estimate of drug-likeness (QED) is 0.0437. The molecule has 35 nitrogen and oxygen atoms in total. The Morgan fingerprint density at radius 1 is 0.457 bits per heavy atom. The molecule has 690 valence electrons. The van der Waals surface area contributed by atoms with Crippen molar-refractivity contribution in [1.29, 1.82) is 0 Å². The Hall–Kier alpha value is -13.7. The first-order valence-corrected chi connectivity index (χ1v) is 43.8. The van der Waals surface area contributed by atoms with E-state index in [9.17, 15) is 58.5 Å². The molecule has 1 saturated heterocycles.